The van der Waals surface area contributed by atoms with Gasteiger partial charge in [0, 0.05) is 5.02 Å². The van der Waals surface area contributed by atoms with Gasteiger partial charge in [0.1, 0.15) is 22.5 Å². The van der Waals surface area contributed by atoms with Crippen LogP contribution in [0, 0.1) is 0 Å². The Labute approximate surface area is 171 Å². The molecule has 1 N–H and O–H groups in total. The molecular weight excluding hydrogens is 384 g/mol. The number of amides is 2. The normalized spacial score (nSPS) is 16.1. The average molecular weight is 413 g/mol. The molecule has 0 aromatic heterocycles. The minimum atomic E-state index is -0.850. The molecule has 0 saturated carbocycles. The first kappa shape index (κ1) is 22.1. The lowest BCUT2D eigenvalue weighted by atomic mass is 9.82. The fourth-order valence-corrected chi connectivity index (χ4v) is 3.08. The summed E-state index contributed by atoms with van der Waals surface area (Å²) in [5.41, 5.74) is -1.38. The van der Waals surface area contributed by atoms with Crippen LogP contribution in [0.2, 0.25) is 5.02 Å². The number of nitrogens with zero attached hydrogens (tertiary/aromatic N) is 1. The van der Waals surface area contributed by atoms with E-state index in [1.54, 1.807) is 59.7 Å². The molecule has 8 heteroatoms. The van der Waals surface area contributed by atoms with E-state index in [1.165, 1.54) is 12.0 Å². The molecule has 156 valence electrons. The maximum absolute atomic E-state index is 12.5. The lowest BCUT2D eigenvalue weighted by Gasteiger charge is -2.50. The first-order valence-corrected chi connectivity index (χ1v) is 9.45. The highest BCUT2D eigenvalue weighted by atomic mass is 35.5. The van der Waals surface area contributed by atoms with Crippen molar-refractivity contribution in [2.24, 2.45) is 0 Å². The van der Waals surface area contributed by atoms with E-state index in [-0.39, 0.29) is 13.1 Å². The van der Waals surface area contributed by atoms with Gasteiger partial charge in [0.25, 0.3) is 0 Å². The summed E-state index contributed by atoms with van der Waals surface area (Å²) in [6.07, 6.45) is -1.02. The number of likely N-dealkylation sites (tertiary alicyclic amines) is 1. The van der Waals surface area contributed by atoms with Crippen molar-refractivity contribution in [3.63, 3.8) is 0 Å². The van der Waals surface area contributed by atoms with Crippen molar-refractivity contribution in [1.29, 1.82) is 0 Å². The van der Waals surface area contributed by atoms with Crippen LogP contribution in [-0.4, -0.2) is 48.5 Å². The second kappa shape index (κ2) is 7.70. The Morgan fingerprint density at radius 3 is 2.11 bits per heavy atom. The molecule has 0 radical (unpaired) electrons. The zero-order valence-electron chi connectivity index (χ0n) is 17.5. The topological polar surface area (TPSA) is 77.1 Å². The van der Waals surface area contributed by atoms with Crippen molar-refractivity contribution in [2.75, 3.05) is 20.2 Å². The highest BCUT2D eigenvalue weighted by molar-refractivity contribution is 6.30. The summed E-state index contributed by atoms with van der Waals surface area (Å²) >= 11 is 6.22. The van der Waals surface area contributed by atoms with E-state index < -0.39 is 28.9 Å². The van der Waals surface area contributed by atoms with Gasteiger partial charge in [0.2, 0.25) is 0 Å². The number of ether oxygens (including phenoxy) is 3. The van der Waals surface area contributed by atoms with Gasteiger partial charge >= 0.3 is 12.2 Å². The molecule has 1 aliphatic rings. The highest BCUT2D eigenvalue weighted by Crippen LogP contribution is 2.37. The monoisotopic (exact) mass is 412 g/mol. The summed E-state index contributed by atoms with van der Waals surface area (Å²) in [6.45, 7) is 11.2. The molecule has 0 spiro atoms. The third-order valence-corrected chi connectivity index (χ3v) is 4.19. The van der Waals surface area contributed by atoms with Crippen LogP contribution in [-0.2, 0) is 15.0 Å². The number of hydrogen-bond acceptors (Lipinski definition) is 5. The van der Waals surface area contributed by atoms with E-state index in [9.17, 15) is 9.59 Å². The van der Waals surface area contributed by atoms with Gasteiger partial charge in [0.15, 0.2) is 0 Å². The molecule has 1 aromatic carbocycles. The quantitative estimate of drug-likeness (QED) is 0.799. The molecule has 2 amide bonds. The Hall–Kier alpha value is -2.15. The molecule has 1 saturated heterocycles. The number of nitrogens with one attached hydrogen (secondary N) is 1. The van der Waals surface area contributed by atoms with Crippen LogP contribution in [0.5, 0.6) is 5.75 Å². The van der Waals surface area contributed by atoms with Gasteiger partial charge < -0.3 is 24.4 Å². The van der Waals surface area contributed by atoms with Crippen molar-refractivity contribution in [1.82, 2.24) is 10.2 Å². The SMILES string of the molecule is COc1cc(Cl)cc(C2(NC(=O)OC(C)(C)C)CN(C(=O)OC(C)(C)C)C2)c1. The first-order valence-electron chi connectivity index (χ1n) is 9.07. The lowest BCUT2D eigenvalue weighted by Crippen LogP contribution is -2.69. The van der Waals surface area contributed by atoms with E-state index in [0.717, 1.165) is 5.56 Å². The standard InChI is InChI=1S/C20H29ClN2O5/c1-18(2,3)27-16(24)22-20(13-8-14(21)10-15(9-13)26-7)11-23(12-20)17(25)28-19(4,5)6/h8-10H,11-12H2,1-7H3,(H,22,24). The van der Waals surface area contributed by atoms with Gasteiger partial charge in [0.05, 0.1) is 20.2 Å². The summed E-state index contributed by atoms with van der Waals surface area (Å²) in [4.78, 5) is 26.4. The van der Waals surface area contributed by atoms with Crippen LogP contribution in [0.25, 0.3) is 0 Å². The van der Waals surface area contributed by atoms with E-state index in [4.69, 9.17) is 25.8 Å². The lowest BCUT2D eigenvalue weighted by molar-refractivity contribution is -0.0230. The Kier molecular flexibility index (Phi) is 6.09. The van der Waals surface area contributed by atoms with Crippen LogP contribution in [0.4, 0.5) is 9.59 Å². The van der Waals surface area contributed by atoms with Gasteiger partial charge in [-0.25, -0.2) is 9.59 Å². The summed E-state index contributed by atoms with van der Waals surface area (Å²) in [6, 6.07) is 5.21. The largest absolute Gasteiger partial charge is 0.497 e. The summed E-state index contributed by atoms with van der Waals surface area (Å²) in [5.74, 6) is 0.559. The molecule has 1 aliphatic heterocycles. The van der Waals surface area contributed by atoms with Gasteiger partial charge in [-0.1, -0.05) is 11.6 Å². The third kappa shape index (κ3) is 5.67. The molecule has 0 atom stereocenters. The van der Waals surface area contributed by atoms with Crippen molar-refractivity contribution < 1.29 is 23.8 Å². The first-order chi connectivity index (χ1) is 12.7. The van der Waals surface area contributed by atoms with Crippen LogP contribution < -0.4 is 10.1 Å². The van der Waals surface area contributed by atoms with Crippen molar-refractivity contribution in [3.8, 4) is 5.75 Å². The van der Waals surface area contributed by atoms with Gasteiger partial charge in [-0.05, 0) is 65.3 Å². The highest BCUT2D eigenvalue weighted by Gasteiger charge is 2.50. The fourth-order valence-electron chi connectivity index (χ4n) is 2.85. The van der Waals surface area contributed by atoms with E-state index in [2.05, 4.69) is 5.32 Å². The van der Waals surface area contributed by atoms with E-state index in [1.807, 2.05) is 0 Å². The number of rotatable bonds is 3. The number of alkyl carbamates (subject to hydrolysis) is 1. The van der Waals surface area contributed by atoms with Crippen LogP contribution >= 0.6 is 11.6 Å². The van der Waals surface area contributed by atoms with Gasteiger partial charge in [-0.2, -0.15) is 0 Å². The van der Waals surface area contributed by atoms with Crippen molar-refractivity contribution >= 4 is 23.8 Å². The molecule has 7 nitrogen and oxygen atoms in total. The zero-order valence-corrected chi connectivity index (χ0v) is 18.3. The van der Waals surface area contributed by atoms with E-state index in [0.29, 0.717) is 10.8 Å². The van der Waals surface area contributed by atoms with Crippen LogP contribution in [0.1, 0.15) is 47.1 Å². The smallest absolute Gasteiger partial charge is 0.410 e. The zero-order chi connectivity index (χ0) is 21.3. The van der Waals surface area contributed by atoms with Gasteiger partial charge in [-0.15, -0.1) is 0 Å². The van der Waals surface area contributed by atoms with Crippen molar-refractivity contribution in [3.05, 3.63) is 28.8 Å². The number of halogens is 1. The number of carbonyl (C=O) groups excluding carboxylic acids is 2. The number of methoxy groups -OCH3 is 1. The predicted molar refractivity (Wildman–Crippen MR) is 107 cm³/mol. The van der Waals surface area contributed by atoms with Crippen LogP contribution in [0.3, 0.4) is 0 Å². The van der Waals surface area contributed by atoms with Gasteiger partial charge in [-0.3, -0.25) is 0 Å². The molecular formula is C20H29ClN2O5. The fraction of sp³-hybridized carbons (Fsp3) is 0.600. The molecule has 1 heterocycles. The van der Waals surface area contributed by atoms with Crippen LogP contribution in [0.15, 0.2) is 18.2 Å². The Morgan fingerprint density at radius 2 is 1.61 bits per heavy atom. The molecule has 1 aromatic rings. The average Bonchev–Trinajstić information content (AvgIpc) is 2.45. The number of benzene rings is 1. The molecule has 2 rings (SSSR count). The minimum absolute atomic E-state index is 0.227. The minimum Gasteiger partial charge on any atom is -0.497 e. The summed E-state index contributed by atoms with van der Waals surface area (Å²) < 4.78 is 16.1. The molecule has 0 aliphatic carbocycles. The van der Waals surface area contributed by atoms with Crippen molar-refractivity contribution in [2.45, 2.75) is 58.3 Å². The predicted octanol–water partition coefficient (Wildman–Crippen LogP) is 4.32. The Bertz CT molecular complexity index is 746. The molecule has 0 unspecified atom stereocenters. The summed E-state index contributed by atoms with van der Waals surface area (Å²) in [7, 11) is 1.54. The number of hydrogen-bond donors (Lipinski definition) is 1. The second-order valence-corrected chi connectivity index (χ2v) is 9.36. The molecule has 1 fully saturated rings. The van der Waals surface area contributed by atoms with E-state index >= 15 is 0 Å². The summed E-state index contributed by atoms with van der Waals surface area (Å²) in [5, 5.41) is 3.37. The second-order valence-electron chi connectivity index (χ2n) is 8.93. The number of carbonyl (C=O) groups is 2. The Morgan fingerprint density at radius 1 is 1.04 bits per heavy atom. The molecule has 28 heavy (non-hydrogen) atoms. The maximum atomic E-state index is 12.5. The Balaban J connectivity index is 2.27. The third-order valence-electron chi connectivity index (χ3n) is 3.97. The maximum Gasteiger partial charge on any atom is 0.410 e. The molecule has 0 bridgehead atoms.